The van der Waals surface area contributed by atoms with E-state index in [0.29, 0.717) is 15.6 Å². The number of amides is 1. The molecule has 0 bridgehead atoms. The van der Waals surface area contributed by atoms with Crippen LogP contribution in [0.1, 0.15) is 42.7 Å². The molecule has 0 heterocycles. The van der Waals surface area contributed by atoms with Crippen molar-refractivity contribution in [3.8, 4) is 0 Å². The maximum absolute atomic E-state index is 14.2. The van der Waals surface area contributed by atoms with Crippen LogP contribution in [0.15, 0.2) is 41.3 Å². The SMILES string of the molecule is CCN(CC)S(=O)(=O)c1ccc(F)c(C(=O)NC(C)c2ccc(Cl)cc2Cl)c1. The number of hydrogen-bond donors (Lipinski definition) is 1. The zero-order valence-corrected chi connectivity index (χ0v) is 18.0. The molecule has 0 aromatic heterocycles. The highest BCUT2D eigenvalue weighted by molar-refractivity contribution is 7.89. The van der Waals surface area contributed by atoms with Crippen LogP contribution < -0.4 is 5.32 Å². The zero-order chi connectivity index (χ0) is 21.1. The quantitative estimate of drug-likeness (QED) is 0.672. The van der Waals surface area contributed by atoms with Crippen molar-refractivity contribution < 1.29 is 17.6 Å². The van der Waals surface area contributed by atoms with Gasteiger partial charge in [0.25, 0.3) is 5.91 Å². The van der Waals surface area contributed by atoms with Crippen LogP contribution in [0.2, 0.25) is 10.0 Å². The van der Waals surface area contributed by atoms with Gasteiger partial charge in [-0.05, 0) is 42.8 Å². The Bertz CT molecular complexity index is 979. The average Bonchev–Trinajstić information content (AvgIpc) is 2.62. The van der Waals surface area contributed by atoms with Crippen molar-refractivity contribution in [1.29, 1.82) is 0 Å². The van der Waals surface area contributed by atoms with Gasteiger partial charge in [0, 0.05) is 23.1 Å². The molecule has 1 amide bonds. The molecule has 9 heteroatoms. The van der Waals surface area contributed by atoms with E-state index in [2.05, 4.69) is 5.32 Å². The van der Waals surface area contributed by atoms with E-state index < -0.39 is 27.8 Å². The third-order valence-corrected chi connectivity index (χ3v) is 6.91. The number of nitrogens with zero attached hydrogens (tertiary/aromatic N) is 1. The minimum atomic E-state index is -3.82. The van der Waals surface area contributed by atoms with Crippen LogP contribution >= 0.6 is 23.2 Å². The third kappa shape index (κ3) is 4.84. The Balaban J connectivity index is 2.33. The Hall–Kier alpha value is -1.67. The number of carbonyl (C=O) groups excluding carboxylic acids is 1. The Morgan fingerprint density at radius 3 is 2.36 bits per heavy atom. The van der Waals surface area contributed by atoms with Crippen LogP contribution in [0.4, 0.5) is 4.39 Å². The lowest BCUT2D eigenvalue weighted by Gasteiger charge is -2.19. The van der Waals surface area contributed by atoms with Gasteiger partial charge in [-0.25, -0.2) is 12.8 Å². The van der Waals surface area contributed by atoms with Crippen LogP contribution in [0.5, 0.6) is 0 Å². The molecule has 1 unspecified atom stereocenters. The fourth-order valence-electron chi connectivity index (χ4n) is 2.76. The average molecular weight is 447 g/mol. The van der Waals surface area contributed by atoms with E-state index in [-0.39, 0.29) is 23.5 Å². The molecule has 1 atom stereocenters. The van der Waals surface area contributed by atoms with Gasteiger partial charge in [-0.3, -0.25) is 4.79 Å². The molecule has 0 spiro atoms. The second-order valence-electron chi connectivity index (χ2n) is 6.09. The summed E-state index contributed by atoms with van der Waals surface area (Å²) in [7, 11) is -3.82. The van der Waals surface area contributed by atoms with Crippen molar-refractivity contribution in [2.75, 3.05) is 13.1 Å². The molecule has 0 fully saturated rings. The Morgan fingerprint density at radius 1 is 1.14 bits per heavy atom. The standard InChI is InChI=1S/C19H21Cl2FN2O3S/c1-4-24(5-2)28(26,27)14-7-9-18(22)16(11-14)19(25)23-12(3)15-8-6-13(20)10-17(15)21/h6-12H,4-5H2,1-3H3,(H,23,25). The van der Waals surface area contributed by atoms with Gasteiger partial charge in [0.15, 0.2) is 0 Å². The molecule has 2 aromatic carbocycles. The monoisotopic (exact) mass is 446 g/mol. The van der Waals surface area contributed by atoms with Crippen molar-refractivity contribution in [1.82, 2.24) is 9.62 Å². The molecule has 2 rings (SSSR count). The lowest BCUT2D eigenvalue weighted by Crippen LogP contribution is -2.31. The summed E-state index contributed by atoms with van der Waals surface area (Å²) in [6.07, 6.45) is 0. The zero-order valence-electron chi connectivity index (χ0n) is 15.7. The number of rotatable bonds is 7. The second-order valence-corrected chi connectivity index (χ2v) is 8.87. The van der Waals surface area contributed by atoms with E-state index in [1.807, 2.05) is 0 Å². The van der Waals surface area contributed by atoms with Gasteiger partial charge in [0.2, 0.25) is 10.0 Å². The molecule has 0 saturated carbocycles. The lowest BCUT2D eigenvalue weighted by atomic mass is 10.1. The largest absolute Gasteiger partial charge is 0.345 e. The number of sulfonamides is 1. The first-order valence-corrected chi connectivity index (χ1v) is 10.9. The summed E-state index contributed by atoms with van der Waals surface area (Å²) in [5.41, 5.74) is 0.247. The molecule has 0 aliphatic heterocycles. The maximum atomic E-state index is 14.2. The summed E-state index contributed by atoms with van der Waals surface area (Å²) in [5, 5.41) is 3.45. The first-order valence-electron chi connectivity index (χ1n) is 8.67. The van der Waals surface area contributed by atoms with Gasteiger partial charge in [0.05, 0.1) is 16.5 Å². The predicted molar refractivity (Wildman–Crippen MR) is 109 cm³/mol. The van der Waals surface area contributed by atoms with Gasteiger partial charge < -0.3 is 5.32 Å². The first kappa shape index (κ1) is 22.6. The van der Waals surface area contributed by atoms with Gasteiger partial charge in [-0.1, -0.05) is 43.1 Å². The van der Waals surface area contributed by atoms with Crippen LogP contribution in [-0.2, 0) is 10.0 Å². The summed E-state index contributed by atoms with van der Waals surface area (Å²) >= 11 is 12.0. The van der Waals surface area contributed by atoms with Crippen molar-refractivity contribution in [2.24, 2.45) is 0 Å². The summed E-state index contributed by atoms with van der Waals surface area (Å²) in [6.45, 7) is 5.63. The number of hydrogen-bond acceptors (Lipinski definition) is 3. The van der Waals surface area contributed by atoms with Crippen LogP contribution in [0, 0.1) is 5.82 Å². The lowest BCUT2D eigenvalue weighted by molar-refractivity contribution is 0.0935. The summed E-state index contributed by atoms with van der Waals surface area (Å²) in [4.78, 5) is 12.4. The first-order chi connectivity index (χ1) is 13.1. The number of halogens is 3. The maximum Gasteiger partial charge on any atom is 0.254 e. The van der Waals surface area contributed by atoms with Crippen molar-refractivity contribution >= 4 is 39.1 Å². The van der Waals surface area contributed by atoms with E-state index in [0.717, 1.165) is 18.2 Å². The molecule has 1 N–H and O–H groups in total. The van der Waals surface area contributed by atoms with E-state index in [4.69, 9.17) is 23.2 Å². The molecular weight excluding hydrogens is 426 g/mol. The van der Waals surface area contributed by atoms with Gasteiger partial charge >= 0.3 is 0 Å². The second kappa shape index (κ2) is 9.22. The minimum Gasteiger partial charge on any atom is -0.345 e. The van der Waals surface area contributed by atoms with Crippen LogP contribution in [0.25, 0.3) is 0 Å². The highest BCUT2D eigenvalue weighted by atomic mass is 35.5. The normalized spacial score (nSPS) is 12.8. The molecule has 152 valence electrons. The summed E-state index contributed by atoms with van der Waals surface area (Å²) < 4.78 is 40.8. The third-order valence-electron chi connectivity index (χ3n) is 4.30. The highest BCUT2D eigenvalue weighted by Crippen LogP contribution is 2.27. The Kier molecular flexibility index (Phi) is 7.45. The van der Waals surface area contributed by atoms with Crippen molar-refractivity contribution in [2.45, 2.75) is 31.7 Å². The smallest absolute Gasteiger partial charge is 0.254 e. The molecule has 2 aromatic rings. The predicted octanol–water partition coefficient (Wildman–Crippen LogP) is 4.65. The Labute approximate surface area is 174 Å². The van der Waals surface area contributed by atoms with Gasteiger partial charge in [-0.15, -0.1) is 0 Å². The fraction of sp³-hybridized carbons (Fsp3) is 0.316. The minimum absolute atomic E-state index is 0.139. The number of nitrogens with one attached hydrogen (secondary N) is 1. The molecule has 0 saturated heterocycles. The number of benzene rings is 2. The molecular formula is C19H21Cl2FN2O3S. The van der Waals surface area contributed by atoms with Crippen molar-refractivity contribution in [3.63, 3.8) is 0 Å². The fourth-order valence-corrected chi connectivity index (χ4v) is 4.81. The molecule has 0 aliphatic rings. The van der Waals surface area contributed by atoms with Crippen molar-refractivity contribution in [3.05, 3.63) is 63.4 Å². The topological polar surface area (TPSA) is 66.5 Å². The van der Waals surface area contributed by atoms with E-state index in [1.165, 1.54) is 4.31 Å². The summed E-state index contributed by atoms with van der Waals surface area (Å²) in [5.74, 6) is -1.56. The van der Waals surface area contributed by atoms with E-state index >= 15 is 0 Å². The molecule has 5 nitrogen and oxygen atoms in total. The van der Waals surface area contributed by atoms with Crippen LogP contribution in [0.3, 0.4) is 0 Å². The Morgan fingerprint density at radius 2 is 1.79 bits per heavy atom. The van der Waals surface area contributed by atoms with Gasteiger partial charge in [0.1, 0.15) is 5.82 Å². The molecule has 0 aliphatic carbocycles. The van der Waals surface area contributed by atoms with E-state index in [1.54, 1.807) is 39.0 Å². The van der Waals surface area contributed by atoms with E-state index in [9.17, 15) is 17.6 Å². The molecule has 28 heavy (non-hydrogen) atoms. The summed E-state index contributed by atoms with van der Waals surface area (Å²) in [6, 6.07) is 7.47. The highest BCUT2D eigenvalue weighted by Gasteiger charge is 2.25. The van der Waals surface area contributed by atoms with Gasteiger partial charge in [-0.2, -0.15) is 4.31 Å². The number of carbonyl (C=O) groups is 1. The molecule has 0 radical (unpaired) electrons. The van der Waals surface area contributed by atoms with Crippen LogP contribution in [-0.4, -0.2) is 31.7 Å².